The van der Waals surface area contributed by atoms with Gasteiger partial charge in [0.2, 0.25) is 5.91 Å². The van der Waals surface area contributed by atoms with Gasteiger partial charge >= 0.3 is 5.97 Å². The van der Waals surface area contributed by atoms with Crippen LogP contribution >= 0.6 is 0 Å². The van der Waals surface area contributed by atoms with Crippen LogP contribution in [-0.2, 0) is 29.1 Å². The minimum atomic E-state index is -0.720. The summed E-state index contributed by atoms with van der Waals surface area (Å²) in [6.45, 7) is 1.66. The second kappa shape index (κ2) is 10.0. The molecular formula is C28H30FN3O3. The zero-order chi connectivity index (χ0) is 24.4. The highest BCUT2D eigenvalue weighted by atomic mass is 19.1. The number of aromatic nitrogens is 2. The van der Waals surface area contributed by atoms with Gasteiger partial charge in [0.15, 0.2) is 0 Å². The number of hydrogen-bond donors (Lipinski definition) is 1. The van der Waals surface area contributed by atoms with Crippen LogP contribution in [0, 0.1) is 17.7 Å². The van der Waals surface area contributed by atoms with Crippen molar-refractivity contribution in [2.75, 3.05) is 6.54 Å². The van der Waals surface area contributed by atoms with E-state index in [1.54, 1.807) is 12.1 Å². The molecule has 0 spiro atoms. The number of amides is 1. The minimum absolute atomic E-state index is 0.130. The topological polar surface area (TPSA) is 75.4 Å². The molecule has 7 heteroatoms. The molecule has 35 heavy (non-hydrogen) atoms. The van der Waals surface area contributed by atoms with Crippen molar-refractivity contribution in [3.8, 4) is 11.3 Å². The molecule has 5 rings (SSSR count). The molecule has 1 amide bonds. The van der Waals surface area contributed by atoms with Gasteiger partial charge in [-0.15, -0.1) is 0 Å². The lowest BCUT2D eigenvalue weighted by molar-refractivity contribution is -0.143. The van der Waals surface area contributed by atoms with Crippen LogP contribution in [0.1, 0.15) is 48.9 Å². The van der Waals surface area contributed by atoms with Crippen molar-refractivity contribution >= 4 is 11.9 Å². The van der Waals surface area contributed by atoms with Crippen LogP contribution in [0.5, 0.6) is 0 Å². The van der Waals surface area contributed by atoms with Crippen molar-refractivity contribution in [1.82, 2.24) is 14.7 Å². The van der Waals surface area contributed by atoms with Crippen LogP contribution in [0.4, 0.5) is 4.39 Å². The fraction of sp³-hybridized carbons (Fsp3) is 0.393. The quantitative estimate of drug-likeness (QED) is 0.550. The van der Waals surface area contributed by atoms with Gasteiger partial charge in [0.25, 0.3) is 0 Å². The Bertz CT molecular complexity index is 1200. The summed E-state index contributed by atoms with van der Waals surface area (Å²) in [4.78, 5) is 26.4. The van der Waals surface area contributed by atoms with Crippen LogP contribution in [0.25, 0.3) is 11.3 Å². The largest absolute Gasteiger partial charge is 0.481 e. The van der Waals surface area contributed by atoms with Crippen molar-refractivity contribution in [3.05, 3.63) is 77.2 Å². The summed E-state index contributed by atoms with van der Waals surface area (Å²) in [5.74, 6) is -0.873. The Labute approximate surface area is 204 Å². The standard InChI is InChI=1S/C28H30FN3O3/c29-23-12-8-20(9-13-23)17-32-25-18-31(26(33)16-19-6-10-22(11-7-19)28(34)35)15-14-24(25)27(30-32)21-4-2-1-3-5-21/h1-5,8-9,12-13,19,22H,6-7,10-11,14-18H2,(H,34,35). The number of rotatable bonds is 6. The zero-order valence-electron chi connectivity index (χ0n) is 19.7. The summed E-state index contributed by atoms with van der Waals surface area (Å²) in [6, 6.07) is 16.5. The van der Waals surface area contributed by atoms with Crippen LogP contribution in [0.2, 0.25) is 0 Å². The number of carboxylic acid groups (broad SMARTS) is 1. The lowest BCUT2D eigenvalue weighted by atomic mass is 9.80. The van der Waals surface area contributed by atoms with Gasteiger partial charge in [0.05, 0.1) is 30.4 Å². The Hall–Kier alpha value is -3.48. The summed E-state index contributed by atoms with van der Waals surface area (Å²) < 4.78 is 15.4. The molecular weight excluding hydrogens is 445 g/mol. The minimum Gasteiger partial charge on any atom is -0.481 e. The third-order valence-electron chi connectivity index (χ3n) is 7.44. The maximum Gasteiger partial charge on any atom is 0.306 e. The summed E-state index contributed by atoms with van der Waals surface area (Å²) in [5, 5.41) is 14.2. The van der Waals surface area contributed by atoms with Gasteiger partial charge in [-0.25, -0.2) is 4.39 Å². The molecule has 0 saturated heterocycles. The van der Waals surface area contributed by atoms with E-state index in [1.807, 2.05) is 27.8 Å². The van der Waals surface area contributed by atoms with Crippen LogP contribution in [0.3, 0.4) is 0 Å². The van der Waals surface area contributed by atoms with E-state index < -0.39 is 5.97 Å². The Kier molecular flexibility index (Phi) is 6.66. The second-order valence-corrected chi connectivity index (χ2v) is 9.75. The predicted molar refractivity (Wildman–Crippen MR) is 130 cm³/mol. The monoisotopic (exact) mass is 475 g/mol. The van der Waals surface area contributed by atoms with E-state index in [9.17, 15) is 19.1 Å². The second-order valence-electron chi connectivity index (χ2n) is 9.75. The Balaban J connectivity index is 1.35. The summed E-state index contributed by atoms with van der Waals surface area (Å²) in [7, 11) is 0. The molecule has 2 aromatic carbocycles. The van der Waals surface area contributed by atoms with Crippen LogP contribution in [-0.4, -0.2) is 38.2 Å². The summed E-state index contributed by atoms with van der Waals surface area (Å²) in [6.07, 6.45) is 4.11. The van der Waals surface area contributed by atoms with Gasteiger partial charge in [0.1, 0.15) is 5.82 Å². The molecule has 1 aliphatic heterocycles. The first kappa shape index (κ1) is 23.3. The van der Waals surface area contributed by atoms with Crippen molar-refractivity contribution in [3.63, 3.8) is 0 Å². The molecule has 2 heterocycles. The average Bonchev–Trinajstić information content (AvgIpc) is 3.24. The van der Waals surface area contributed by atoms with Gasteiger partial charge in [-0.2, -0.15) is 5.10 Å². The normalized spacial score (nSPS) is 19.9. The highest BCUT2D eigenvalue weighted by molar-refractivity contribution is 5.77. The van der Waals surface area contributed by atoms with E-state index in [4.69, 9.17) is 5.10 Å². The molecule has 3 aromatic rings. The molecule has 0 radical (unpaired) electrons. The lowest BCUT2D eigenvalue weighted by Gasteiger charge is -2.31. The molecule has 0 atom stereocenters. The SMILES string of the molecule is O=C(O)C1CCC(CC(=O)N2CCc3c(-c4ccccc4)nn(Cc4ccc(F)cc4)c3C2)CC1. The first-order valence-electron chi connectivity index (χ1n) is 12.4. The third kappa shape index (κ3) is 5.14. The molecule has 6 nitrogen and oxygen atoms in total. The van der Waals surface area contributed by atoms with E-state index in [0.29, 0.717) is 38.9 Å². The van der Waals surface area contributed by atoms with Crippen LogP contribution < -0.4 is 0 Å². The van der Waals surface area contributed by atoms with Gasteiger partial charge < -0.3 is 10.0 Å². The highest BCUT2D eigenvalue weighted by Gasteiger charge is 2.31. The zero-order valence-corrected chi connectivity index (χ0v) is 19.7. The lowest BCUT2D eigenvalue weighted by Crippen LogP contribution is -2.38. The van der Waals surface area contributed by atoms with Gasteiger partial charge in [0, 0.05) is 24.1 Å². The number of fused-ring (bicyclic) bond motifs is 1. The number of carboxylic acids is 1. The van der Waals surface area contributed by atoms with E-state index in [1.165, 1.54) is 17.7 Å². The number of carbonyl (C=O) groups excluding carboxylic acids is 1. The molecule has 1 aromatic heterocycles. The van der Waals surface area contributed by atoms with E-state index in [0.717, 1.165) is 41.8 Å². The first-order chi connectivity index (χ1) is 17.0. The number of hydrogen-bond acceptors (Lipinski definition) is 3. The Morgan fingerprint density at radius 3 is 2.40 bits per heavy atom. The summed E-state index contributed by atoms with van der Waals surface area (Å²) >= 11 is 0. The van der Waals surface area contributed by atoms with Crippen molar-refractivity contribution in [2.24, 2.45) is 11.8 Å². The summed E-state index contributed by atoms with van der Waals surface area (Å²) in [5.41, 5.74) is 5.15. The fourth-order valence-corrected chi connectivity index (χ4v) is 5.40. The third-order valence-corrected chi connectivity index (χ3v) is 7.44. The van der Waals surface area contributed by atoms with Crippen molar-refractivity contribution < 1.29 is 19.1 Å². The predicted octanol–water partition coefficient (Wildman–Crippen LogP) is 4.90. The highest BCUT2D eigenvalue weighted by Crippen LogP contribution is 2.34. The Morgan fingerprint density at radius 2 is 1.71 bits per heavy atom. The number of carbonyl (C=O) groups is 2. The molecule has 0 unspecified atom stereocenters. The average molecular weight is 476 g/mol. The number of halogens is 1. The fourth-order valence-electron chi connectivity index (χ4n) is 5.40. The first-order valence-corrected chi connectivity index (χ1v) is 12.4. The maximum absolute atomic E-state index is 13.4. The molecule has 1 saturated carbocycles. The van der Waals surface area contributed by atoms with E-state index in [-0.39, 0.29) is 23.6 Å². The van der Waals surface area contributed by atoms with Crippen molar-refractivity contribution in [1.29, 1.82) is 0 Å². The molecule has 1 N–H and O–H groups in total. The number of nitrogens with zero attached hydrogens (tertiary/aromatic N) is 3. The molecule has 182 valence electrons. The molecule has 1 fully saturated rings. The smallest absolute Gasteiger partial charge is 0.306 e. The van der Waals surface area contributed by atoms with Gasteiger partial charge in [-0.3, -0.25) is 14.3 Å². The van der Waals surface area contributed by atoms with E-state index in [2.05, 4.69) is 12.1 Å². The number of benzene rings is 2. The maximum atomic E-state index is 13.4. The number of aliphatic carboxylic acids is 1. The van der Waals surface area contributed by atoms with Gasteiger partial charge in [-0.1, -0.05) is 42.5 Å². The van der Waals surface area contributed by atoms with Crippen LogP contribution in [0.15, 0.2) is 54.6 Å². The molecule has 0 bridgehead atoms. The van der Waals surface area contributed by atoms with Crippen molar-refractivity contribution in [2.45, 2.75) is 51.6 Å². The Morgan fingerprint density at radius 1 is 1.00 bits per heavy atom. The molecule has 1 aliphatic carbocycles. The molecule has 2 aliphatic rings. The van der Waals surface area contributed by atoms with Gasteiger partial charge in [-0.05, 0) is 55.7 Å². The van der Waals surface area contributed by atoms with E-state index >= 15 is 0 Å².